The Morgan fingerprint density at radius 3 is 2.62 bits per heavy atom. The third-order valence-corrected chi connectivity index (χ3v) is 7.48. The molecule has 0 aliphatic carbocycles. The molecular weight excluding hydrogens is 350 g/mol. The van der Waals surface area contributed by atoms with Crippen LogP contribution in [0.1, 0.15) is 12.0 Å². The first-order valence-corrected chi connectivity index (χ1v) is 11.0. The molecule has 140 valence electrons. The number of fused-ring (bicyclic) bond motifs is 1. The number of carbonyl (C=O) groups is 1. The number of nitrogens with zero attached hydrogens (tertiary/aromatic N) is 3. The van der Waals surface area contributed by atoms with Gasteiger partial charge in [-0.2, -0.15) is 0 Å². The molecule has 2 fully saturated rings. The molecule has 2 aliphatic rings. The van der Waals surface area contributed by atoms with Crippen LogP contribution in [-0.2, 0) is 21.2 Å². The second-order valence-electron chi connectivity index (χ2n) is 7.42. The zero-order valence-electron chi connectivity index (χ0n) is 15.1. The van der Waals surface area contributed by atoms with Gasteiger partial charge in [-0.1, -0.05) is 12.1 Å². The highest BCUT2D eigenvalue weighted by Crippen LogP contribution is 2.21. The third kappa shape index (κ3) is 3.38. The van der Waals surface area contributed by atoms with Crippen LogP contribution < -0.4 is 0 Å². The predicted octanol–water partition coefficient (Wildman–Crippen LogP) is 1.28. The Morgan fingerprint density at radius 1 is 1.15 bits per heavy atom. The summed E-state index contributed by atoms with van der Waals surface area (Å²) in [5.41, 5.74) is 2.31. The molecule has 3 heterocycles. The average molecular weight is 375 g/mol. The smallest absolute Gasteiger partial charge is 0.242 e. The molecule has 4 rings (SSSR count). The number of sulfone groups is 1. The number of aromatic nitrogens is 1. The molecule has 1 aromatic heterocycles. The molecule has 0 spiro atoms. The van der Waals surface area contributed by atoms with Crippen LogP contribution in [0.4, 0.5) is 0 Å². The van der Waals surface area contributed by atoms with Crippen LogP contribution in [0.15, 0.2) is 30.5 Å². The van der Waals surface area contributed by atoms with E-state index in [4.69, 9.17) is 0 Å². The fourth-order valence-electron chi connectivity index (χ4n) is 4.16. The topological polar surface area (TPSA) is 62.6 Å². The number of aryl methyl sites for hydroxylation is 1. The Labute approximate surface area is 154 Å². The van der Waals surface area contributed by atoms with E-state index in [0.29, 0.717) is 25.4 Å². The highest BCUT2D eigenvalue weighted by atomic mass is 32.2. The van der Waals surface area contributed by atoms with E-state index in [1.807, 2.05) is 27.8 Å². The fraction of sp³-hybridized carbons (Fsp3) is 0.526. The summed E-state index contributed by atoms with van der Waals surface area (Å²) >= 11 is 0. The van der Waals surface area contributed by atoms with Gasteiger partial charge in [0.1, 0.15) is 6.54 Å². The van der Waals surface area contributed by atoms with Crippen molar-refractivity contribution in [2.45, 2.75) is 25.9 Å². The Balaban J connectivity index is 1.37. The van der Waals surface area contributed by atoms with Crippen molar-refractivity contribution >= 4 is 26.6 Å². The lowest BCUT2D eigenvalue weighted by Crippen LogP contribution is -2.52. The Morgan fingerprint density at radius 2 is 1.92 bits per heavy atom. The number of benzene rings is 1. The first-order valence-electron chi connectivity index (χ1n) is 9.20. The Bertz CT molecular complexity index is 927. The maximum absolute atomic E-state index is 12.7. The molecule has 6 nitrogen and oxygen atoms in total. The molecule has 1 amide bonds. The lowest BCUT2D eigenvalue weighted by atomic mass is 10.1. The van der Waals surface area contributed by atoms with Crippen molar-refractivity contribution in [3.05, 3.63) is 36.0 Å². The molecule has 26 heavy (non-hydrogen) atoms. The molecule has 7 heteroatoms. The number of amides is 1. The van der Waals surface area contributed by atoms with Gasteiger partial charge >= 0.3 is 0 Å². The van der Waals surface area contributed by atoms with Crippen LogP contribution in [0.3, 0.4) is 0 Å². The van der Waals surface area contributed by atoms with E-state index in [1.54, 1.807) is 0 Å². The van der Waals surface area contributed by atoms with Gasteiger partial charge in [0.15, 0.2) is 9.84 Å². The zero-order chi connectivity index (χ0) is 18.3. The predicted molar refractivity (Wildman–Crippen MR) is 102 cm³/mol. The normalized spacial score (nSPS) is 23.6. The molecule has 2 aliphatic heterocycles. The van der Waals surface area contributed by atoms with Gasteiger partial charge in [0.25, 0.3) is 0 Å². The van der Waals surface area contributed by atoms with E-state index < -0.39 is 9.84 Å². The molecule has 0 N–H and O–H groups in total. The van der Waals surface area contributed by atoms with Gasteiger partial charge in [-0.25, -0.2) is 8.42 Å². The molecule has 1 aromatic carbocycles. The summed E-state index contributed by atoms with van der Waals surface area (Å²) in [6.07, 6.45) is 2.71. The van der Waals surface area contributed by atoms with Crippen molar-refractivity contribution in [3.63, 3.8) is 0 Å². The summed E-state index contributed by atoms with van der Waals surface area (Å²) < 4.78 is 25.4. The van der Waals surface area contributed by atoms with E-state index in [9.17, 15) is 13.2 Å². The van der Waals surface area contributed by atoms with Crippen LogP contribution in [0.2, 0.25) is 0 Å². The summed E-state index contributed by atoms with van der Waals surface area (Å²) in [4.78, 5) is 16.9. The van der Waals surface area contributed by atoms with Gasteiger partial charge in [0.2, 0.25) is 5.91 Å². The van der Waals surface area contributed by atoms with Crippen LogP contribution in [0, 0.1) is 6.92 Å². The van der Waals surface area contributed by atoms with Gasteiger partial charge in [0.05, 0.1) is 11.5 Å². The van der Waals surface area contributed by atoms with Crippen molar-refractivity contribution in [1.29, 1.82) is 0 Å². The molecule has 1 atom stereocenters. The number of carbonyl (C=O) groups excluding carboxylic acids is 1. The van der Waals surface area contributed by atoms with Crippen LogP contribution in [0.25, 0.3) is 10.9 Å². The number of piperazine rings is 1. The standard InChI is InChI=1S/C19H25N3O3S/c1-15-3-2-4-18-17(15)5-7-22(18)13-19(23)21-10-8-20(9-11-21)16-6-12-26(24,25)14-16/h2-5,7,16H,6,8-14H2,1H3/t16-/m0/s1. The highest BCUT2D eigenvalue weighted by molar-refractivity contribution is 7.91. The number of rotatable bonds is 3. The summed E-state index contributed by atoms with van der Waals surface area (Å²) in [6, 6.07) is 8.35. The van der Waals surface area contributed by atoms with Gasteiger partial charge in [-0.05, 0) is 31.0 Å². The molecule has 0 unspecified atom stereocenters. The highest BCUT2D eigenvalue weighted by Gasteiger charge is 2.34. The quantitative estimate of drug-likeness (QED) is 0.811. The van der Waals surface area contributed by atoms with Crippen molar-refractivity contribution < 1.29 is 13.2 Å². The summed E-state index contributed by atoms with van der Waals surface area (Å²) in [5.74, 6) is 0.703. The van der Waals surface area contributed by atoms with E-state index in [1.165, 1.54) is 10.9 Å². The van der Waals surface area contributed by atoms with Gasteiger partial charge in [-0.3, -0.25) is 9.69 Å². The minimum Gasteiger partial charge on any atom is -0.339 e. The monoisotopic (exact) mass is 375 g/mol. The van der Waals surface area contributed by atoms with Gasteiger partial charge in [0, 0.05) is 49.3 Å². The van der Waals surface area contributed by atoms with Crippen LogP contribution >= 0.6 is 0 Å². The molecular formula is C19H25N3O3S. The van der Waals surface area contributed by atoms with Crippen LogP contribution in [0.5, 0.6) is 0 Å². The van der Waals surface area contributed by atoms with Crippen molar-refractivity contribution in [2.75, 3.05) is 37.7 Å². The lowest BCUT2D eigenvalue weighted by Gasteiger charge is -2.37. The van der Waals surface area contributed by atoms with E-state index in [0.717, 1.165) is 25.0 Å². The van der Waals surface area contributed by atoms with Crippen molar-refractivity contribution in [2.24, 2.45) is 0 Å². The fourth-order valence-corrected chi connectivity index (χ4v) is 5.92. The molecule has 2 aromatic rings. The minimum atomic E-state index is -2.86. The molecule has 0 radical (unpaired) electrons. The second-order valence-corrected chi connectivity index (χ2v) is 9.65. The number of hydrogen-bond acceptors (Lipinski definition) is 4. The third-order valence-electron chi connectivity index (χ3n) is 5.73. The zero-order valence-corrected chi connectivity index (χ0v) is 15.9. The summed E-state index contributed by atoms with van der Waals surface area (Å²) in [5, 5.41) is 1.19. The van der Waals surface area contributed by atoms with Crippen LogP contribution in [-0.4, -0.2) is 72.4 Å². The van der Waals surface area contributed by atoms with E-state index in [-0.39, 0.29) is 17.7 Å². The van der Waals surface area contributed by atoms with Gasteiger partial charge < -0.3 is 9.47 Å². The molecule has 2 saturated heterocycles. The summed E-state index contributed by atoms with van der Waals surface area (Å²) in [6.45, 7) is 5.30. The largest absolute Gasteiger partial charge is 0.339 e. The maximum Gasteiger partial charge on any atom is 0.242 e. The minimum absolute atomic E-state index is 0.127. The SMILES string of the molecule is Cc1cccc2c1ccn2CC(=O)N1CCN([C@H]2CCS(=O)(=O)C2)CC1. The van der Waals surface area contributed by atoms with Crippen molar-refractivity contribution in [3.8, 4) is 0 Å². The summed E-state index contributed by atoms with van der Waals surface area (Å²) in [7, 11) is -2.86. The Hall–Kier alpha value is -1.86. The lowest BCUT2D eigenvalue weighted by molar-refractivity contribution is -0.133. The second kappa shape index (κ2) is 6.70. The Kier molecular flexibility index (Phi) is 4.52. The molecule has 0 bridgehead atoms. The maximum atomic E-state index is 12.7. The number of hydrogen-bond donors (Lipinski definition) is 0. The first-order chi connectivity index (χ1) is 12.4. The van der Waals surface area contributed by atoms with E-state index in [2.05, 4.69) is 24.0 Å². The average Bonchev–Trinajstić information content (AvgIpc) is 3.19. The molecule has 0 saturated carbocycles. The van der Waals surface area contributed by atoms with Gasteiger partial charge in [-0.15, -0.1) is 0 Å². The first kappa shape index (κ1) is 17.5. The van der Waals surface area contributed by atoms with E-state index >= 15 is 0 Å². The van der Waals surface area contributed by atoms with Crippen molar-refractivity contribution in [1.82, 2.24) is 14.4 Å².